The van der Waals surface area contributed by atoms with E-state index in [1.165, 1.54) is 31.2 Å². The van der Waals surface area contributed by atoms with Crippen molar-refractivity contribution in [2.75, 3.05) is 4.90 Å². The zero-order chi connectivity index (χ0) is 22.0. The maximum atomic E-state index is 14.1. The highest BCUT2D eigenvalue weighted by atomic mass is 35.5. The summed E-state index contributed by atoms with van der Waals surface area (Å²) in [7, 11) is 0. The highest BCUT2D eigenvalue weighted by molar-refractivity contribution is 7.14. The second-order valence-corrected chi connectivity index (χ2v) is 7.93. The molecule has 1 heterocycles. The summed E-state index contributed by atoms with van der Waals surface area (Å²) < 4.78 is 27.3. The van der Waals surface area contributed by atoms with Gasteiger partial charge >= 0.3 is 0 Å². The number of aromatic nitrogens is 1. The van der Waals surface area contributed by atoms with Crippen LogP contribution in [0.5, 0.6) is 0 Å². The number of nitrogens with zero attached hydrogens (tertiary/aromatic N) is 2. The van der Waals surface area contributed by atoms with Crippen LogP contribution >= 0.6 is 46.1 Å². The first-order chi connectivity index (χ1) is 14.2. The first-order valence-electron chi connectivity index (χ1n) is 8.26. The second kappa shape index (κ2) is 9.22. The van der Waals surface area contributed by atoms with Gasteiger partial charge in [0.05, 0.1) is 26.4 Å². The van der Waals surface area contributed by atoms with Crippen molar-refractivity contribution >= 4 is 74.7 Å². The number of rotatable bonds is 5. The molecule has 0 fully saturated rings. The smallest absolute Gasteiger partial charge is 0.230 e. The number of allylic oxidation sites excluding steroid dienone is 1. The van der Waals surface area contributed by atoms with E-state index in [-0.39, 0.29) is 31.5 Å². The summed E-state index contributed by atoms with van der Waals surface area (Å²) >= 11 is 18.9. The fraction of sp³-hybridized carbons (Fsp3) is 0.0500. The molecule has 154 valence electrons. The highest BCUT2D eigenvalue weighted by Crippen LogP contribution is 2.34. The number of halogens is 5. The SMILES string of the molecule is CC(=O)N(c1nc(/C=C/C(=O)c2ccc(Cl)c(Cl)c2Cl)cs1)c1ccc(F)cc1F. The molecule has 0 saturated carbocycles. The first kappa shape index (κ1) is 22.4. The molecule has 3 rings (SSSR count). The Balaban J connectivity index is 1.87. The lowest BCUT2D eigenvalue weighted by Crippen LogP contribution is -2.23. The molecule has 4 nitrogen and oxygen atoms in total. The van der Waals surface area contributed by atoms with Crippen LogP contribution in [0.2, 0.25) is 15.1 Å². The summed E-state index contributed by atoms with van der Waals surface area (Å²) in [6, 6.07) is 5.78. The molecule has 1 aromatic heterocycles. The van der Waals surface area contributed by atoms with Gasteiger partial charge in [0, 0.05) is 23.9 Å². The van der Waals surface area contributed by atoms with Crippen molar-refractivity contribution in [3.63, 3.8) is 0 Å². The van der Waals surface area contributed by atoms with Gasteiger partial charge in [0.2, 0.25) is 5.91 Å². The van der Waals surface area contributed by atoms with Crippen molar-refractivity contribution in [1.82, 2.24) is 4.98 Å². The quantitative estimate of drug-likeness (QED) is 0.222. The summed E-state index contributed by atoms with van der Waals surface area (Å²) in [5.74, 6) is -2.60. The van der Waals surface area contributed by atoms with Crippen molar-refractivity contribution in [3.8, 4) is 0 Å². The van der Waals surface area contributed by atoms with Gasteiger partial charge in [-0.15, -0.1) is 11.3 Å². The van der Waals surface area contributed by atoms with E-state index in [9.17, 15) is 18.4 Å². The largest absolute Gasteiger partial charge is 0.289 e. The molecule has 3 aromatic rings. The van der Waals surface area contributed by atoms with Crippen molar-refractivity contribution in [1.29, 1.82) is 0 Å². The standard InChI is InChI=1S/C20H11Cl3F2N2O2S/c1-10(28)27(16-6-2-11(24)8-15(16)25)20-26-12(9-30-20)3-7-17(29)13-4-5-14(21)19(23)18(13)22/h2-9H,1H3/b7-3+. The molecule has 10 heteroatoms. The Morgan fingerprint density at radius 3 is 2.50 bits per heavy atom. The maximum absolute atomic E-state index is 14.1. The van der Waals surface area contributed by atoms with E-state index >= 15 is 0 Å². The van der Waals surface area contributed by atoms with Crippen LogP contribution in [0.25, 0.3) is 6.08 Å². The summed E-state index contributed by atoms with van der Waals surface area (Å²) in [5, 5.41) is 2.07. The summed E-state index contributed by atoms with van der Waals surface area (Å²) in [6.07, 6.45) is 2.65. The molecule has 2 aromatic carbocycles. The third kappa shape index (κ3) is 4.70. The number of carbonyl (C=O) groups is 2. The van der Waals surface area contributed by atoms with E-state index < -0.39 is 23.3 Å². The lowest BCUT2D eigenvalue weighted by Gasteiger charge is -2.18. The van der Waals surface area contributed by atoms with Gasteiger partial charge < -0.3 is 0 Å². The lowest BCUT2D eigenvalue weighted by molar-refractivity contribution is -0.115. The summed E-state index contributed by atoms with van der Waals surface area (Å²) in [6.45, 7) is 1.23. The number of hydrogen-bond donors (Lipinski definition) is 0. The number of benzene rings is 2. The minimum atomic E-state index is -0.901. The Labute approximate surface area is 189 Å². The monoisotopic (exact) mass is 486 g/mol. The number of ketones is 1. The minimum absolute atomic E-state index is 0.0346. The fourth-order valence-corrected chi connectivity index (χ4v) is 3.97. The van der Waals surface area contributed by atoms with Crippen LogP contribution in [0.1, 0.15) is 23.0 Å². The molecular weight excluding hydrogens is 477 g/mol. The van der Waals surface area contributed by atoms with E-state index in [1.54, 1.807) is 5.38 Å². The van der Waals surface area contributed by atoms with Crippen LogP contribution in [0.4, 0.5) is 19.6 Å². The molecule has 0 atom stereocenters. The number of amides is 1. The fourth-order valence-electron chi connectivity index (χ4n) is 2.49. The molecule has 30 heavy (non-hydrogen) atoms. The predicted molar refractivity (Wildman–Crippen MR) is 116 cm³/mol. The summed E-state index contributed by atoms with van der Waals surface area (Å²) in [5.41, 5.74) is 0.386. The molecule has 1 amide bonds. The average Bonchev–Trinajstić information content (AvgIpc) is 3.14. The average molecular weight is 488 g/mol. The molecule has 0 unspecified atom stereocenters. The molecule has 0 saturated heterocycles. The zero-order valence-corrected chi connectivity index (χ0v) is 18.2. The molecule has 0 aliphatic carbocycles. The Morgan fingerprint density at radius 2 is 1.83 bits per heavy atom. The van der Waals surface area contributed by atoms with Crippen LogP contribution in [-0.2, 0) is 4.79 Å². The van der Waals surface area contributed by atoms with Gasteiger partial charge in [0.15, 0.2) is 10.9 Å². The molecule has 0 bridgehead atoms. The lowest BCUT2D eigenvalue weighted by atomic mass is 10.1. The topological polar surface area (TPSA) is 50.3 Å². The van der Waals surface area contributed by atoms with E-state index in [1.807, 2.05) is 0 Å². The Morgan fingerprint density at radius 1 is 1.10 bits per heavy atom. The molecular formula is C20H11Cl3F2N2O2S. The van der Waals surface area contributed by atoms with Gasteiger partial charge in [-0.05, 0) is 36.4 Å². The summed E-state index contributed by atoms with van der Waals surface area (Å²) in [4.78, 5) is 29.7. The second-order valence-electron chi connectivity index (χ2n) is 5.93. The van der Waals surface area contributed by atoms with Crippen LogP contribution < -0.4 is 4.90 Å². The molecule has 0 aliphatic rings. The van der Waals surface area contributed by atoms with Crippen molar-refractivity contribution in [2.24, 2.45) is 0 Å². The third-order valence-electron chi connectivity index (χ3n) is 3.87. The minimum Gasteiger partial charge on any atom is -0.289 e. The van der Waals surface area contributed by atoms with E-state index in [4.69, 9.17) is 34.8 Å². The van der Waals surface area contributed by atoms with Crippen LogP contribution in [0.3, 0.4) is 0 Å². The van der Waals surface area contributed by atoms with Gasteiger partial charge in [-0.3, -0.25) is 14.5 Å². The molecule has 0 N–H and O–H groups in total. The van der Waals surface area contributed by atoms with Crippen molar-refractivity contribution in [2.45, 2.75) is 6.92 Å². The molecule has 0 radical (unpaired) electrons. The first-order valence-corrected chi connectivity index (χ1v) is 10.3. The van der Waals surface area contributed by atoms with Gasteiger partial charge in [0.1, 0.15) is 11.6 Å². The Bertz CT molecular complexity index is 1180. The highest BCUT2D eigenvalue weighted by Gasteiger charge is 2.21. The number of anilines is 2. The third-order valence-corrected chi connectivity index (χ3v) is 6.01. The van der Waals surface area contributed by atoms with Crippen LogP contribution in [0.15, 0.2) is 41.8 Å². The number of carbonyl (C=O) groups excluding carboxylic acids is 2. The van der Waals surface area contributed by atoms with E-state index in [0.717, 1.165) is 28.4 Å². The maximum Gasteiger partial charge on any atom is 0.230 e. The van der Waals surface area contributed by atoms with Crippen molar-refractivity contribution < 1.29 is 18.4 Å². The van der Waals surface area contributed by atoms with Crippen LogP contribution in [-0.4, -0.2) is 16.7 Å². The van der Waals surface area contributed by atoms with Crippen LogP contribution in [0, 0.1) is 11.6 Å². The van der Waals surface area contributed by atoms with Gasteiger partial charge in [-0.1, -0.05) is 34.8 Å². The van der Waals surface area contributed by atoms with E-state index in [0.29, 0.717) is 11.8 Å². The normalized spacial score (nSPS) is 11.1. The Kier molecular flexibility index (Phi) is 6.88. The predicted octanol–water partition coefficient (Wildman–Crippen LogP) is 6.96. The van der Waals surface area contributed by atoms with Crippen molar-refractivity contribution in [3.05, 3.63) is 79.7 Å². The van der Waals surface area contributed by atoms with E-state index in [2.05, 4.69) is 4.98 Å². The van der Waals surface area contributed by atoms with Gasteiger partial charge in [-0.25, -0.2) is 13.8 Å². The molecule has 0 aliphatic heterocycles. The zero-order valence-electron chi connectivity index (χ0n) is 15.1. The molecule has 0 spiro atoms. The Hall–Kier alpha value is -2.32. The number of hydrogen-bond acceptors (Lipinski definition) is 4. The van der Waals surface area contributed by atoms with Gasteiger partial charge in [0.25, 0.3) is 0 Å². The van der Waals surface area contributed by atoms with Gasteiger partial charge in [-0.2, -0.15) is 0 Å². The number of thiazole rings is 1.